The van der Waals surface area contributed by atoms with Gasteiger partial charge in [-0.05, 0) is 56.2 Å². The fourth-order valence-electron chi connectivity index (χ4n) is 4.95. The molecular formula is C31H37ClFN5O2. The van der Waals surface area contributed by atoms with Crippen LogP contribution in [0.4, 0.5) is 15.8 Å². The van der Waals surface area contributed by atoms with E-state index in [9.17, 15) is 14.3 Å². The summed E-state index contributed by atoms with van der Waals surface area (Å²) in [6.45, 7) is 10.2. The van der Waals surface area contributed by atoms with E-state index in [1.165, 1.54) is 17.0 Å². The average Bonchev–Trinajstić information content (AvgIpc) is 2.94. The summed E-state index contributed by atoms with van der Waals surface area (Å²) in [6.07, 6.45) is 6.44. The summed E-state index contributed by atoms with van der Waals surface area (Å²) in [6, 6.07) is 10.1. The number of aryl methyl sites for hydroxylation is 1. The Morgan fingerprint density at radius 1 is 1.05 bits per heavy atom. The first-order chi connectivity index (χ1) is 19.1. The lowest BCUT2D eigenvalue weighted by Gasteiger charge is -2.38. The van der Waals surface area contributed by atoms with E-state index in [1.807, 2.05) is 20.2 Å². The summed E-state index contributed by atoms with van der Waals surface area (Å²) < 4.78 is 15.0. The molecule has 7 nitrogen and oxygen atoms in total. The van der Waals surface area contributed by atoms with Gasteiger partial charge in [0.2, 0.25) is 6.41 Å². The number of nitrogens with zero attached hydrogens (tertiary/aromatic N) is 5. The van der Waals surface area contributed by atoms with Crippen molar-refractivity contribution in [3.05, 3.63) is 71.5 Å². The molecule has 0 aliphatic carbocycles. The van der Waals surface area contributed by atoms with Gasteiger partial charge < -0.3 is 14.9 Å². The molecule has 1 fully saturated rings. The summed E-state index contributed by atoms with van der Waals surface area (Å²) in [7, 11) is 3.69. The topological polar surface area (TPSA) is 63.2 Å². The summed E-state index contributed by atoms with van der Waals surface area (Å²) in [4.78, 5) is 24.3. The molecule has 1 saturated heterocycles. The van der Waals surface area contributed by atoms with Gasteiger partial charge in [-0.3, -0.25) is 19.6 Å². The number of rotatable bonds is 9. The fraction of sp³-hybridized carbons (Fsp3) is 0.355. The van der Waals surface area contributed by atoms with Gasteiger partial charge in [-0.1, -0.05) is 24.6 Å². The van der Waals surface area contributed by atoms with Crippen molar-refractivity contribution in [2.75, 3.05) is 50.1 Å². The first-order valence-corrected chi connectivity index (χ1v) is 13.9. The number of hydrogen-bond donors (Lipinski definition) is 1. The molecule has 0 spiro atoms. The zero-order chi connectivity index (χ0) is 29.0. The zero-order valence-electron chi connectivity index (χ0n) is 23.7. The van der Waals surface area contributed by atoms with Crippen molar-refractivity contribution in [3.63, 3.8) is 0 Å². The molecule has 1 amide bonds. The van der Waals surface area contributed by atoms with Crippen molar-refractivity contribution in [3.8, 4) is 28.0 Å². The van der Waals surface area contributed by atoms with E-state index in [4.69, 9.17) is 16.6 Å². The predicted molar refractivity (Wildman–Crippen MR) is 161 cm³/mol. The summed E-state index contributed by atoms with van der Waals surface area (Å²) in [5.74, 6) is -0.551. The Labute approximate surface area is 241 Å². The van der Waals surface area contributed by atoms with Gasteiger partial charge in [-0.15, -0.1) is 0 Å². The quantitative estimate of drug-likeness (QED) is 0.321. The number of aromatic nitrogens is 1. The van der Waals surface area contributed by atoms with E-state index in [0.717, 1.165) is 44.0 Å². The van der Waals surface area contributed by atoms with E-state index >= 15 is 0 Å². The minimum Gasteiger partial charge on any atom is -0.507 e. The zero-order valence-corrected chi connectivity index (χ0v) is 24.5. The Kier molecular flexibility index (Phi) is 9.32. The third-order valence-electron chi connectivity index (χ3n) is 7.23. The number of halogens is 2. The Hall–Kier alpha value is -3.62. The maximum atomic E-state index is 15.0. The maximum Gasteiger partial charge on any atom is 0.218 e. The van der Waals surface area contributed by atoms with Gasteiger partial charge in [0.05, 0.1) is 22.1 Å². The molecule has 0 atom stereocenters. The van der Waals surface area contributed by atoms with Crippen LogP contribution in [0.15, 0.2) is 55.0 Å². The highest BCUT2D eigenvalue weighted by Crippen LogP contribution is 2.42. The molecular weight excluding hydrogens is 529 g/mol. The van der Waals surface area contributed by atoms with E-state index in [2.05, 4.69) is 30.6 Å². The van der Waals surface area contributed by atoms with Crippen molar-refractivity contribution in [2.45, 2.75) is 33.2 Å². The lowest BCUT2D eigenvalue weighted by atomic mass is 9.96. The summed E-state index contributed by atoms with van der Waals surface area (Å²) in [5.41, 5.74) is 4.28. The summed E-state index contributed by atoms with van der Waals surface area (Å²) >= 11 is 6.54. The molecule has 9 heteroatoms. The molecule has 2 heterocycles. The van der Waals surface area contributed by atoms with Crippen LogP contribution < -0.4 is 9.80 Å². The van der Waals surface area contributed by atoms with Crippen molar-refractivity contribution in [2.24, 2.45) is 0 Å². The number of phenolic OH excluding ortho intramolecular Hbond substituents is 1. The van der Waals surface area contributed by atoms with Crippen LogP contribution in [-0.4, -0.2) is 72.6 Å². The molecule has 4 rings (SSSR count). The van der Waals surface area contributed by atoms with Crippen LogP contribution in [0, 0.1) is 5.82 Å². The minimum atomic E-state index is -0.488. The van der Waals surface area contributed by atoms with Crippen LogP contribution in [0.3, 0.4) is 0 Å². The molecule has 40 heavy (non-hydrogen) atoms. The molecule has 0 unspecified atom stereocenters. The van der Waals surface area contributed by atoms with Crippen LogP contribution >= 0.6 is 11.6 Å². The number of phenols is 1. The second kappa shape index (κ2) is 12.7. The highest BCUT2D eigenvalue weighted by molar-refractivity contribution is 6.34. The number of pyridine rings is 1. The Morgan fingerprint density at radius 3 is 2.30 bits per heavy atom. The van der Waals surface area contributed by atoms with E-state index in [0.29, 0.717) is 40.4 Å². The van der Waals surface area contributed by atoms with Crippen molar-refractivity contribution >= 4 is 29.4 Å². The Balaban J connectivity index is 1.70. The van der Waals surface area contributed by atoms with E-state index in [1.54, 1.807) is 41.7 Å². The van der Waals surface area contributed by atoms with Crippen molar-refractivity contribution in [1.82, 2.24) is 14.8 Å². The highest BCUT2D eigenvalue weighted by atomic mass is 35.5. The molecule has 2 aromatic carbocycles. The molecule has 1 N–H and O–H groups in total. The first kappa shape index (κ1) is 29.4. The third-order valence-corrected chi connectivity index (χ3v) is 7.53. The van der Waals surface area contributed by atoms with Crippen LogP contribution in [0.2, 0.25) is 5.02 Å². The second-order valence-corrected chi connectivity index (χ2v) is 10.9. The second-order valence-electron chi connectivity index (χ2n) is 10.5. The minimum absolute atomic E-state index is 0.0633. The van der Waals surface area contributed by atoms with Crippen LogP contribution in [-0.2, 0) is 11.2 Å². The van der Waals surface area contributed by atoms with Gasteiger partial charge in [0.25, 0.3) is 0 Å². The van der Waals surface area contributed by atoms with E-state index < -0.39 is 5.82 Å². The Bertz CT molecular complexity index is 1390. The van der Waals surface area contributed by atoms with Gasteiger partial charge in [-0.2, -0.15) is 0 Å². The van der Waals surface area contributed by atoms with Crippen LogP contribution in [0.25, 0.3) is 22.3 Å². The SMILES string of the molecule is CCc1ncc(-c2cc(F)cc(-c3ccc(N(C=O)/C=C\N(C)C)c(Cl)c3)c2O)cc1N1CCN(C(C)C)CC1. The van der Waals surface area contributed by atoms with Crippen molar-refractivity contribution < 1.29 is 14.3 Å². The highest BCUT2D eigenvalue weighted by Gasteiger charge is 2.23. The van der Waals surface area contributed by atoms with Gasteiger partial charge in [0.1, 0.15) is 11.6 Å². The molecule has 0 bridgehead atoms. The first-order valence-electron chi connectivity index (χ1n) is 13.5. The monoisotopic (exact) mass is 565 g/mol. The number of aromatic hydroxyl groups is 1. The molecule has 3 aromatic rings. The molecule has 1 aromatic heterocycles. The van der Waals surface area contributed by atoms with Crippen LogP contribution in [0.5, 0.6) is 5.75 Å². The smallest absolute Gasteiger partial charge is 0.218 e. The number of carbonyl (C=O) groups excluding carboxylic acids is 1. The number of hydrogen-bond acceptors (Lipinski definition) is 6. The van der Waals surface area contributed by atoms with Gasteiger partial charge in [0, 0.05) is 81.6 Å². The number of piperazine rings is 1. The molecule has 0 radical (unpaired) electrons. The average molecular weight is 566 g/mol. The van der Waals surface area contributed by atoms with E-state index in [-0.39, 0.29) is 10.8 Å². The molecule has 1 aliphatic rings. The number of amides is 1. The number of anilines is 2. The lowest BCUT2D eigenvalue weighted by Crippen LogP contribution is -2.49. The lowest BCUT2D eigenvalue weighted by molar-refractivity contribution is -0.106. The molecule has 212 valence electrons. The largest absolute Gasteiger partial charge is 0.507 e. The normalized spacial score (nSPS) is 14.2. The van der Waals surface area contributed by atoms with Crippen molar-refractivity contribution in [1.29, 1.82) is 0 Å². The number of carbonyl (C=O) groups is 1. The predicted octanol–water partition coefficient (Wildman–Crippen LogP) is 6.00. The number of benzene rings is 2. The van der Waals surface area contributed by atoms with Gasteiger partial charge >= 0.3 is 0 Å². The molecule has 1 aliphatic heterocycles. The third kappa shape index (κ3) is 6.40. The standard InChI is InChI=1S/C31H37ClFN5O2/c1-6-28-30(37-13-11-36(12-14-37)21(2)3)16-23(19-34-28)26-18-24(33)17-25(31(26)40)22-7-8-29(27(32)15-22)38(20-39)10-9-35(4)5/h7-10,15-21,40H,6,11-14H2,1-5H3/b10-9-. The summed E-state index contributed by atoms with van der Waals surface area (Å²) in [5, 5.41) is 11.7. The Morgan fingerprint density at radius 2 is 1.73 bits per heavy atom. The fourth-order valence-corrected chi connectivity index (χ4v) is 5.23. The molecule has 0 saturated carbocycles. The van der Waals surface area contributed by atoms with Crippen LogP contribution in [0.1, 0.15) is 26.5 Å². The van der Waals surface area contributed by atoms with Gasteiger partial charge in [0.15, 0.2) is 0 Å². The maximum absolute atomic E-state index is 15.0. The van der Waals surface area contributed by atoms with Gasteiger partial charge in [-0.25, -0.2) is 4.39 Å².